The fraction of sp³-hybridized carbons (Fsp3) is 0.682. The van der Waals surface area contributed by atoms with Gasteiger partial charge in [-0.25, -0.2) is 0 Å². The molecule has 0 amide bonds. The SMILES string of the molecule is CCN1CCCC1CNC(=NC)NCc1cccc(OCCN(C)CCOC)c1.I. The maximum absolute atomic E-state index is 5.91. The number of methoxy groups -OCH3 is 1. The third-order valence-corrected chi connectivity index (χ3v) is 5.41. The summed E-state index contributed by atoms with van der Waals surface area (Å²) in [6, 6.07) is 8.84. The number of benzene rings is 1. The van der Waals surface area contributed by atoms with Gasteiger partial charge in [0.15, 0.2) is 5.96 Å². The molecule has 0 spiro atoms. The van der Waals surface area contributed by atoms with Crippen LogP contribution in [0.4, 0.5) is 0 Å². The lowest BCUT2D eigenvalue weighted by Crippen LogP contribution is -2.44. The Morgan fingerprint density at radius 2 is 2.07 bits per heavy atom. The number of guanidine groups is 1. The van der Waals surface area contributed by atoms with Crippen LogP contribution in [0.3, 0.4) is 0 Å². The van der Waals surface area contributed by atoms with Crippen molar-refractivity contribution in [2.75, 3.05) is 67.1 Å². The second-order valence-electron chi connectivity index (χ2n) is 7.52. The average molecular weight is 533 g/mol. The van der Waals surface area contributed by atoms with Crippen molar-refractivity contribution in [1.82, 2.24) is 20.4 Å². The van der Waals surface area contributed by atoms with Crippen molar-refractivity contribution < 1.29 is 9.47 Å². The zero-order valence-corrected chi connectivity index (χ0v) is 21.4. The molecule has 1 fully saturated rings. The molecule has 1 saturated heterocycles. The highest BCUT2D eigenvalue weighted by atomic mass is 127. The summed E-state index contributed by atoms with van der Waals surface area (Å²) in [6.07, 6.45) is 2.55. The Morgan fingerprint density at radius 3 is 2.80 bits per heavy atom. The number of aliphatic imine (C=N–C) groups is 1. The molecule has 1 atom stereocenters. The van der Waals surface area contributed by atoms with E-state index in [1.165, 1.54) is 24.9 Å². The molecule has 2 rings (SSSR count). The van der Waals surface area contributed by atoms with Gasteiger partial charge in [-0.15, -0.1) is 24.0 Å². The monoisotopic (exact) mass is 533 g/mol. The van der Waals surface area contributed by atoms with Crippen molar-refractivity contribution >= 4 is 29.9 Å². The van der Waals surface area contributed by atoms with E-state index in [4.69, 9.17) is 9.47 Å². The zero-order valence-electron chi connectivity index (χ0n) is 19.0. The molecule has 1 heterocycles. The largest absolute Gasteiger partial charge is 0.492 e. The number of hydrogen-bond acceptors (Lipinski definition) is 5. The molecule has 0 radical (unpaired) electrons. The van der Waals surface area contributed by atoms with Crippen LogP contribution in [0, 0.1) is 0 Å². The Morgan fingerprint density at radius 1 is 1.27 bits per heavy atom. The lowest BCUT2D eigenvalue weighted by atomic mass is 10.2. The first-order valence-corrected chi connectivity index (χ1v) is 10.7. The summed E-state index contributed by atoms with van der Waals surface area (Å²) >= 11 is 0. The van der Waals surface area contributed by atoms with E-state index in [9.17, 15) is 0 Å². The summed E-state index contributed by atoms with van der Waals surface area (Å²) in [4.78, 5) is 9.10. The summed E-state index contributed by atoms with van der Waals surface area (Å²) in [7, 11) is 5.62. The zero-order chi connectivity index (χ0) is 20.9. The summed E-state index contributed by atoms with van der Waals surface area (Å²) in [6.45, 7) is 9.40. The summed E-state index contributed by atoms with van der Waals surface area (Å²) < 4.78 is 11.0. The molecule has 8 heteroatoms. The molecule has 0 bridgehead atoms. The minimum atomic E-state index is 0. The van der Waals surface area contributed by atoms with Gasteiger partial charge < -0.3 is 25.0 Å². The van der Waals surface area contributed by atoms with Gasteiger partial charge >= 0.3 is 0 Å². The summed E-state index contributed by atoms with van der Waals surface area (Å²) in [5, 5.41) is 6.88. The standard InChI is InChI=1S/C22H39N5O2.HI/c1-5-27-11-7-9-20(27)18-25-22(23-2)24-17-19-8-6-10-21(16-19)29-15-13-26(3)12-14-28-4;/h6,8,10,16,20H,5,7,9,11-15,17-18H2,1-4H3,(H2,23,24,25);1H. The van der Waals surface area contributed by atoms with E-state index in [1.54, 1.807) is 7.11 Å². The van der Waals surface area contributed by atoms with Crippen LogP contribution in [0.1, 0.15) is 25.3 Å². The molecular weight excluding hydrogens is 493 g/mol. The number of ether oxygens (including phenoxy) is 2. The topological polar surface area (TPSA) is 61.4 Å². The van der Waals surface area contributed by atoms with E-state index in [0.717, 1.165) is 44.5 Å². The maximum atomic E-state index is 5.91. The van der Waals surface area contributed by atoms with Crippen molar-refractivity contribution in [3.63, 3.8) is 0 Å². The van der Waals surface area contributed by atoms with Gasteiger partial charge in [0.25, 0.3) is 0 Å². The number of likely N-dealkylation sites (N-methyl/N-ethyl adjacent to an activating group) is 2. The minimum absolute atomic E-state index is 0. The summed E-state index contributed by atoms with van der Waals surface area (Å²) in [5.41, 5.74) is 1.18. The Balaban J connectivity index is 0.00000450. The highest BCUT2D eigenvalue weighted by molar-refractivity contribution is 14.0. The third-order valence-electron chi connectivity index (χ3n) is 5.41. The van der Waals surface area contributed by atoms with E-state index in [0.29, 0.717) is 19.2 Å². The van der Waals surface area contributed by atoms with Gasteiger partial charge in [-0.05, 0) is 50.7 Å². The van der Waals surface area contributed by atoms with Crippen LogP contribution in [0.5, 0.6) is 5.75 Å². The molecule has 1 unspecified atom stereocenters. The predicted molar refractivity (Wildman–Crippen MR) is 135 cm³/mol. The third kappa shape index (κ3) is 9.80. The maximum Gasteiger partial charge on any atom is 0.191 e. The van der Waals surface area contributed by atoms with Crippen LogP contribution in [0.25, 0.3) is 0 Å². The highest BCUT2D eigenvalue weighted by Gasteiger charge is 2.22. The molecule has 1 aliphatic rings. The van der Waals surface area contributed by atoms with Crippen LogP contribution < -0.4 is 15.4 Å². The number of halogens is 1. The molecule has 1 aromatic carbocycles. The van der Waals surface area contributed by atoms with Gasteiger partial charge in [0, 0.05) is 46.4 Å². The fourth-order valence-corrected chi connectivity index (χ4v) is 3.59. The lowest BCUT2D eigenvalue weighted by molar-refractivity contribution is 0.150. The molecule has 30 heavy (non-hydrogen) atoms. The first-order valence-electron chi connectivity index (χ1n) is 10.7. The molecule has 1 aromatic rings. The minimum Gasteiger partial charge on any atom is -0.492 e. The smallest absolute Gasteiger partial charge is 0.191 e. The molecule has 0 aliphatic carbocycles. The highest BCUT2D eigenvalue weighted by Crippen LogP contribution is 2.15. The van der Waals surface area contributed by atoms with Crippen molar-refractivity contribution in [2.45, 2.75) is 32.4 Å². The van der Waals surface area contributed by atoms with E-state index >= 15 is 0 Å². The van der Waals surface area contributed by atoms with Gasteiger partial charge in [-0.2, -0.15) is 0 Å². The normalized spacial score (nSPS) is 17.1. The summed E-state index contributed by atoms with van der Waals surface area (Å²) in [5.74, 6) is 1.75. The quantitative estimate of drug-likeness (QED) is 0.245. The average Bonchev–Trinajstić information content (AvgIpc) is 3.20. The van der Waals surface area contributed by atoms with Gasteiger partial charge in [-0.1, -0.05) is 19.1 Å². The Hall–Kier alpha value is -1.10. The number of likely N-dealkylation sites (tertiary alicyclic amines) is 1. The first-order chi connectivity index (χ1) is 14.2. The van der Waals surface area contributed by atoms with Gasteiger partial charge in [0.1, 0.15) is 12.4 Å². The molecular formula is C22H40IN5O2. The second-order valence-corrected chi connectivity index (χ2v) is 7.52. The van der Waals surface area contributed by atoms with Crippen LogP contribution in [0.2, 0.25) is 0 Å². The van der Waals surface area contributed by atoms with Crippen molar-refractivity contribution in [1.29, 1.82) is 0 Å². The number of hydrogen-bond donors (Lipinski definition) is 2. The molecule has 2 N–H and O–H groups in total. The predicted octanol–water partition coefficient (Wildman–Crippen LogP) is 2.41. The van der Waals surface area contributed by atoms with Gasteiger partial charge in [-0.3, -0.25) is 9.89 Å². The first kappa shape index (κ1) is 26.9. The van der Waals surface area contributed by atoms with Gasteiger partial charge in [0.05, 0.1) is 6.61 Å². The molecule has 172 valence electrons. The van der Waals surface area contributed by atoms with Crippen LogP contribution in [0.15, 0.2) is 29.3 Å². The number of nitrogens with zero attached hydrogens (tertiary/aromatic N) is 3. The Kier molecular flexibility index (Phi) is 14.1. The lowest BCUT2D eigenvalue weighted by Gasteiger charge is -2.24. The van der Waals surface area contributed by atoms with Crippen LogP contribution in [-0.2, 0) is 11.3 Å². The van der Waals surface area contributed by atoms with Crippen LogP contribution in [-0.4, -0.2) is 88.9 Å². The molecule has 7 nitrogen and oxygen atoms in total. The second kappa shape index (κ2) is 15.7. The molecule has 0 aromatic heterocycles. The molecule has 0 saturated carbocycles. The van der Waals surface area contributed by atoms with Crippen molar-refractivity contribution in [2.24, 2.45) is 4.99 Å². The van der Waals surface area contributed by atoms with Gasteiger partial charge in [0.2, 0.25) is 0 Å². The van der Waals surface area contributed by atoms with Crippen molar-refractivity contribution in [3.05, 3.63) is 29.8 Å². The van der Waals surface area contributed by atoms with E-state index in [1.807, 2.05) is 19.2 Å². The number of nitrogens with one attached hydrogen (secondary N) is 2. The fourth-order valence-electron chi connectivity index (χ4n) is 3.59. The molecule has 1 aliphatic heterocycles. The Labute approximate surface area is 199 Å². The Bertz CT molecular complexity index is 617. The van der Waals surface area contributed by atoms with E-state index in [-0.39, 0.29) is 24.0 Å². The van der Waals surface area contributed by atoms with Crippen LogP contribution >= 0.6 is 24.0 Å². The number of rotatable bonds is 12. The van der Waals surface area contributed by atoms with E-state index in [2.05, 4.69) is 51.5 Å². The van der Waals surface area contributed by atoms with Crippen molar-refractivity contribution in [3.8, 4) is 5.75 Å². The van der Waals surface area contributed by atoms with E-state index < -0.39 is 0 Å².